The van der Waals surface area contributed by atoms with E-state index in [2.05, 4.69) is 5.32 Å². The van der Waals surface area contributed by atoms with Crippen molar-refractivity contribution in [2.45, 2.75) is 25.7 Å². The number of imide groups is 1. The number of nitrogens with zero attached hydrogens (tertiary/aromatic N) is 1. The first-order valence-corrected chi connectivity index (χ1v) is 7.53. The summed E-state index contributed by atoms with van der Waals surface area (Å²) >= 11 is 0. The van der Waals surface area contributed by atoms with Gasteiger partial charge in [0.15, 0.2) is 29.1 Å². The first kappa shape index (κ1) is 17.8. The molecule has 0 aromatic heterocycles. The molecule has 1 N–H and O–H groups in total. The maximum absolute atomic E-state index is 13.9. The minimum Gasteiger partial charge on any atom is -0.330 e. The van der Waals surface area contributed by atoms with E-state index in [0.29, 0.717) is 6.42 Å². The maximum Gasteiger partial charge on any atom is 0.269 e. The quantitative estimate of drug-likeness (QED) is 0.354. The van der Waals surface area contributed by atoms with Crippen LogP contribution >= 0.6 is 0 Å². The van der Waals surface area contributed by atoms with Crippen LogP contribution in [0.1, 0.15) is 46.4 Å². The number of benzene rings is 1. The van der Waals surface area contributed by atoms with Crippen LogP contribution in [0.15, 0.2) is 11.9 Å². The molecule has 0 saturated carbocycles. The van der Waals surface area contributed by atoms with Crippen molar-refractivity contribution in [1.29, 1.82) is 0 Å². The molecule has 1 aromatic rings. The highest BCUT2D eigenvalue weighted by molar-refractivity contribution is 6.25. The number of Topliss-reactive ketones (excluding diaryl/α,β-unsaturated/α-hetero) is 1. The van der Waals surface area contributed by atoms with Crippen molar-refractivity contribution in [2.75, 3.05) is 0 Å². The molecule has 1 aromatic carbocycles. The molecule has 3 amide bonds. The molecule has 0 fully saturated rings. The van der Waals surface area contributed by atoms with Gasteiger partial charge in [-0.2, -0.15) is 0 Å². The number of nitrogens with one attached hydrogen (secondary N) is 1. The molecule has 0 atom stereocenters. The first-order chi connectivity index (χ1) is 12.3. The van der Waals surface area contributed by atoms with Crippen LogP contribution in [0.4, 0.5) is 17.6 Å². The molecule has 2 aliphatic heterocycles. The smallest absolute Gasteiger partial charge is 0.269 e. The third-order valence-corrected chi connectivity index (χ3v) is 4.06. The third-order valence-electron chi connectivity index (χ3n) is 4.06. The zero-order valence-electron chi connectivity index (χ0n) is 13.0. The Labute approximate surface area is 143 Å². The molecule has 0 radical (unpaired) electrons. The van der Waals surface area contributed by atoms with Crippen molar-refractivity contribution >= 4 is 23.5 Å². The lowest BCUT2D eigenvalue weighted by atomic mass is 10.1. The van der Waals surface area contributed by atoms with E-state index in [1.807, 2.05) is 0 Å². The van der Waals surface area contributed by atoms with E-state index in [1.165, 1.54) is 0 Å². The van der Waals surface area contributed by atoms with Crippen LogP contribution in [0, 0.1) is 23.3 Å². The maximum atomic E-state index is 13.9. The Hall–Kier alpha value is -3.04. The van der Waals surface area contributed by atoms with Crippen molar-refractivity contribution < 1.29 is 36.7 Å². The molecule has 2 aliphatic rings. The van der Waals surface area contributed by atoms with Gasteiger partial charge in [0.05, 0.1) is 11.1 Å². The largest absolute Gasteiger partial charge is 0.330 e. The van der Waals surface area contributed by atoms with Crippen molar-refractivity contribution in [3.8, 4) is 0 Å². The lowest BCUT2D eigenvalue weighted by Crippen LogP contribution is -2.34. The van der Waals surface area contributed by atoms with Gasteiger partial charge in [0.1, 0.15) is 5.70 Å². The number of carbonyl (C=O) groups excluding carboxylic acids is 4. The van der Waals surface area contributed by atoms with Gasteiger partial charge in [-0.15, -0.1) is 0 Å². The molecule has 10 heteroatoms. The van der Waals surface area contributed by atoms with Crippen molar-refractivity contribution in [2.24, 2.45) is 0 Å². The Morgan fingerprint density at radius 3 is 1.81 bits per heavy atom. The van der Waals surface area contributed by atoms with Crippen LogP contribution in [-0.2, 0) is 9.59 Å². The number of allylic oxidation sites excluding steroid dienone is 1. The average molecular weight is 370 g/mol. The highest BCUT2D eigenvalue weighted by Crippen LogP contribution is 2.33. The monoisotopic (exact) mass is 370 g/mol. The lowest BCUT2D eigenvalue weighted by molar-refractivity contribution is -0.120. The molecule has 0 unspecified atom stereocenters. The van der Waals surface area contributed by atoms with Crippen LogP contribution in [0.25, 0.3) is 0 Å². The minimum atomic E-state index is -2.24. The fraction of sp³-hybridized carbons (Fsp3) is 0.250. The standard InChI is InChI=1S/C16H10F4N2O4/c17-11-9-10(12(18)14(20)13(11)19)16(26)22(15(9)25)6-5-21-8(24)4-2-1-3-7(6)23/h5H,1-4H2,(H,21,24)/b6-5+. The minimum absolute atomic E-state index is 0.0961. The summed E-state index contributed by atoms with van der Waals surface area (Å²) in [6.07, 6.45) is 1.39. The number of ketones is 1. The summed E-state index contributed by atoms with van der Waals surface area (Å²) in [7, 11) is 0. The number of fused-ring (bicyclic) bond motifs is 1. The SMILES string of the molecule is O=C1CCCCC(=O)/C(N2C(=O)c3c(F)c(F)c(F)c(F)c3C2=O)=C\N1. The molecular weight excluding hydrogens is 360 g/mol. The van der Waals surface area contributed by atoms with E-state index in [4.69, 9.17) is 0 Å². The fourth-order valence-electron chi connectivity index (χ4n) is 2.76. The van der Waals surface area contributed by atoms with Gasteiger partial charge in [0.2, 0.25) is 5.91 Å². The van der Waals surface area contributed by atoms with Gasteiger partial charge in [0, 0.05) is 19.0 Å². The number of halogens is 4. The van der Waals surface area contributed by atoms with Crippen LogP contribution in [-0.4, -0.2) is 28.4 Å². The van der Waals surface area contributed by atoms with Gasteiger partial charge in [-0.3, -0.25) is 19.2 Å². The van der Waals surface area contributed by atoms with Crippen LogP contribution in [0.2, 0.25) is 0 Å². The number of rotatable bonds is 1. The highest BCUT2D eigenvalue weighted by Gasteiger charge is 2.46. The summed E-state index contributed by atoms with van der Waals surface area (Å²) in [5.41, 5.74) is -3.23. The Morgan fingerprint density at radius 1 is 0.769 bits per heavy atom. The Bertz CT molecular complexity index is 863. The molecule has 26 heavy (non-hydrogen) atoms. The molecule has 0 spiro atoms. The Balaban J connectivity index is 2.13. The van der Waals surface area contributed by atoms with Gasteiger partial charge < -0.3 is 5.32 Å². The van der Waals surface area contributed by atoms with Crippen molar-refractivity contribution in [3.05, 3.63) is 46.3 Å². The molecule has 0 saturated heterocycles. The summed E-state index contributed by atoms with van der Waals surface area (Å²) in [4.78, 5) is 48.6. The van der Waals surface area contributed by atoms with Gasteiger partial charge in [-0.1, -0.05) is 0 Å². The average Bonchev–Trinajstić information content (AvgIpc) is 2.89. The first-order valence-electron chi connectivity index (χ1n) is 7.53. The second kappa shape index (κ2) is 6.36. The number of hydrogen-bond donors (Lipinski definition) is 1. The van der Waals surface area contributed by atoms with Gasteiger partial charge >= 0.3 is 0 Å². The molecule has 0 aliphatic carbocycles. The van der Waals surface area contributed by atoms with E-state index in [0.717, 1.165) is 6.20 Å². The molecule has 3 rings (SSSR count). The Kier molecular flexibility index (Phi) is 4.34. The Morgan fingerprint density at radius 2 is 1.27 bits per heavy atom. The van der Waals surface area contributed by atoms with E-state index in [-0.39, 0.29) is 24.2 Å². The normalized spacial score (nSPS) is 20.2. The summed E-state index contributed by atoms with van der Waals surface area (Å²) < 4.78 is 54.7. The predicted molar refractivity (Wildman–Crippen MR) is 76.5 cm³/mol. The van der Waals surface area contributed by atoms with E-state index >= 15 is 0 Å². The topological polar surface area (TPSA) is 83.6 Å². The summed E-state index contributed by atoms with van der Waals surface area (Å²) in [6.45, 7) is 0. The van der Waals surface area contributed by atoms with Gasteiger partial charge in [0.25, 0.3) is 11.8 Å². The molecule has 136 valence electrons. The molecule has 6 nitrogen and oxygen atoms in total. The fourth-order valence-corrected chi connectivity index (χ4v) is 2.76. The van der Waals surface area contributed by atoms with E-state index in [1.54, 1.807) is 0 Å². The summed E-state index contributed by atoms with van der Waals surface area (Å²) in [6, 6.07) is 0. The number of amides is 3. The van der Waals surface area contributed by atoms with E-state index < -0.39 is 63.6 Å². The van der Waals surface area contributed by atoms with Crippen molar-refractivity contribution in [1.82, 2.24) is 10.2 Å². The molecular formula is C16H10F4N2O4. The van der Waals surface area contributed by atoms with Crippen LogP contribution < -0.4 is 5.32 Å². The van der Waals surface area contributed by atoms with Crippen LogP contribution in [0.5, 0.6) is 0 Å². The van der Waals surface area contributed by atoms with Crippen molar-refractivity contribution in [3.63, 3.8) is 0 Å². The zero-order chi connectivity index (χ0) is 19.2. The van der Waals surface area contributed by atoms with Crippen LogP contribution in [0.3, 0.4) is 0 Å². The lowest BCUT2D eigenvalue weighted by Gasteiger charge is -2.16. The number of carbonyl (C=O) groups is 4. The zero-order valence-corrected chi connectivity index (χ0v) is 13.0. The van der Waals surface area contributed by atoms with Gasteiger partial charge in [-0.05, 0) is 12.8 Å². The highest BCUT2D eigenvalue weighted by atomic mass is 19.2. The number of hydrogen-bond acceptors (Lipinski definition) is 4. The summed E-state index contributed by atoms with van der Waals surface area (Å²) in [5, 5.41) is 2.20. The third kappa shape index (κ3) is 2.57. The second-order valence-corrected chi connectivity index (χ2v) is 5.68. The summed E-state index contributed by atoms with van der Waals surface area (Å²) in [5.74, 6) is -12.8. The van der Waals surface area contributed by atoms with Gasteiger partial charge in [-0.25, -0.2) is 22.5 Å². The molecule has 0 bridgehead atoms. The molecule has 2 heterocycles. The van der Waals surface area contributed by atoms with E-state index in [9.17, 15) is 36.7 Å². The predicted octanol–water partition coefficient (Wildman–Crippen LogP) is 1.94. The second-order valence-electron chi connectivity index (χ2n) is 5.68.